The molecule has 1 amide bonds. The third kappa shape index (κ3) is 3.47. The molecule has 0 fully saturated rings. The molecular weight excluding hydrogens is 228 g/mol. The largest absolute Gasteiger partial charge is 0.389 e. The molecule has 18 heavy (non-hydrogen) atoms. The number of hydrogen-bond acceptors (Lipinski definition) is 3. The highest BCUT2D eigenvalue weighted by Gasteiger charge is 2.16. The minimum atomic E-state index is -0.515. The standard InChI is InChI=1S/C14H22N2O2/c1-10(14(18)15-3)9-16(4)13-8-6-5-7-12(13)11(2)17/h5-8,10-11,17H,9H2,1-4H3,(H,15,18). The van der Waals surface area contributed by atoms with Crippen molar-refractivity contribution in [1.29, 1.82) is 0 Å². The fourth-order valence-electron chi connectivity index (χ4n) is 2.03. The van der Waals surface area contributed by atoms with Crippen LogP contribution in [-0.2, 0) is 4.79 Å². The summed E-state index contributed by atoms with van der Waals surface area (Å²) in [7, 11) is 3.57. The molecule has 0 aliphatic heterocycles. The average molecular weight is 250 g/mol. The lowest BCUT2D eigenvalue weighted by atomic mass is 10.1. The van der Waals surface area contributed by atoms with E-state index in [-0.39, 0.29) is 11.8 Å². The average Bonchev–Trinajstić information content (AvgIpc) is 2.37. The molecule has 4 nitrogen and oxygen atoms in total. The van der Waals surface area contributed by atoms with Crippen LogP contribution in [0.15, 0.2) is 24.3 Å². The molecule has 4 heteroatoms. The number of aliphatic hydroxyl groups is 1. The van der Waals surface area contributed by atoms with Gasteiger partial charge in [0.25, 0.3) is 0 Å². The van der Waals surface area contributed by atoms with Crippen LogP contribution in [0.3, 0.4) is 0 Å². The predicted molar refractivity (Wildman–Crippen MR) is 73.6 cm³/mol. The lowest BCUT2D eigenvalue weighted by molar-refractivity contribution is -0.123. The molecule has 0 saturated carbocycles. The Kier molecular flexibility index (Phi) is 5.16. The normalized spacial score (nSPS) is 13.8. The molecular formula is C14H22N2O2. The quantitative estimate of drug-likeness (QED) is 0.834. The van der Waals surface area contributed by atoms with Crippen LogP contribution in [0.4, 0.5) is 5.69 Å². The van der Waals surface area contributed by atoms with Gasteiger partial charge in [-0.3, -0.25) is 4.79 Å². The number of amides is 1. The topological polar surface area (TPSA) is 52.6 Å². The fourth-order valence-corrected chi connectivity index (χ4v) is 2.03. The van der Waals surface area contributed by atoms with Gasteiger partial charge in [0.15, 0.2) is 0 Å². The molecule has 0 aliphatic carbocycles. The van der Waals surface area contributed by atoms with Gasteiger partial charge in [0, 0.05) is 31.9 Å². The van der Waals surface area contributed by atoms with Crippen molar-refractivity contribution in [3.63, 3.8) is 0 Å². The van der Waals surface area contributed by atoms with Crippen molar-refractivity contribution in [3.8, 4) is 0 Å². The van der Waals surface area contributed by atoms with Gasteiger partial charge in [0.2, 0.25) is 5.91 Å². The Labute approximate surface area is 109 Å². The van der Waals surface area contributed by atoms with Crippen molar-refractivity contribution in [1.82, 2.24) is 5.32 Å². The van der Waals surface area contributed by atoms with E-state index in [1.54, 1.807) is 14.0 Å². The molecule has 0 aliphatic rings. The molecule has 2 N–H and O–H groups in total. The molecule has 0 saturated heterocycles. The van der Waals surface area contributed by atoms with Crippen LogP contribution >= 0.6 is 0 Å². The number of hydrogen-bond donors (Lipinski definition) is 2. The zero-order chi connectivity index (χ0) is 13.7. The molecule has 1 aromatic rings. The van der Waals surface area contributed by atoms with Gasteiger partial charge < -0.3 is 15.3 Å². The number of rotatable bonds is 5. The van der Waals surface area contributed by atoms with Gasteiger partial charge in [-0.2, -0.15) is 0 Å². The third-order valence-corrected chi connectivity index (χ3v) is 3.04. The lowest BCUT2D eigenvalue weighted by Gasteiger charge is -2.26. The molecule has 0 heterocycles. The van der Waals surface area contributed by atoms with Gasteiger partial charge in [-0.25, -0.2) is 0 Å². The van der Waals surface area contributed by atoms with E-state index in [4.69, 9.17) is 0 Å². The van der Waals surface area contributed by atoms with Crippen molar-refractivity contribution in [2.45, 2.75) is 20.0 Å². The van der Waals surface area contributed by atoms with E-state index >= 15 is 0 Å². The highest BCUT2D eigenvalue weighted by Crippen LogP contribution is 2.25. The van der Waals surface area contributed by atoms with E-state index in [9.17, 15) is 9.90 Å². The number of para-hydroxylation sites is 1. The van der Waals surface area contributed by atoms with E-state index in [1.165, 1.54) is 0 Å². The smallest absolute Gasteiger partial charge is 0.224 e. The number of nitrogens with zero attached hydrogens (tertiary/aromatic N) is 1. The van der Waals surface area contributed by atoms with Crippen LogP contribution in [0, 0.1) is 5.92 Å². The Hall–Kier alpha value is -1.55. The molecule has 1 aromatic carbocycles. The summed E-state index contributed by atoms with van der Waals surface area (Å²) in [6.45, 7) is 4.25. The first kappa shape index (κ1) is 14.5. The minimum absolute atomic E-state index is 0.0244. The Morgan fingerprint density at radius 2 is 2.00 bits per heavy atom. The SMILES string of the molecule is CNC(=O)C(C)CN(C)c1ccccc1C(C)O. The Morgan fingerprint density at radius 3 is 2.56 bits per heavy atom. The zero-order valence-electron chi connectivity index (χ0n) is 11.5. The molecule has 100 valence electrons. The lowest BCUT2D eigenvalue weighted by Crippen LogP contribution is -2.34. The molecule has 0 spiro atoms. The van der Waals surface area contributed by atoms with Crippen molar-refractivity contribution in [2.24, 2.45) is 5.92 Å². The Morgan fingerprint density at radius 1 is 1.39 bits per heavy atom. The first-order chi connectivity index (χ1) is 8.47. The van der Waals surface area contributed by atoms with Crippen LogP contribution in [0.1, 0.15) is 25.5 Å². The maximum absolute atomic E-state index is 11.5. The summed E-state index contributed by atoms with van der Waals surface area (Å²) in [4.78, 5) is 13.5. The van der Waals surface area contributed by atoms with Gasteiger partial charge in [-0.15, -0.1) is 0 Å². The van der Waals surface area contributed by atoms with Crippen LogP contribution in [0.2, 0.25) is 0 Å². The van der Waals surface area contributed by atoms with Gasteiger partial charge >= 0.3 is 0 Å². The van der Waals surface area contributed by atoms with E-state index in [0.29, 0.717) is 6.54 Å². The summed E-state index contributed by atoms with van der Waals surface area (Å²) in [5, 5.41) is 12.4. The molecule has 1 rings (SSSR count). The van der Waals surface area contributed by atoms with Crippen LogP contribution in [0.5, 0.6) is 0 Å². The number of benzene rings is 1. The van der Waals surface area contributed by atoms with Crippen LogP contribution in [-0.4, -0.2) is 31.7 Å². The summed E-state index contributed by atoms with van der Waals surface area (Å²) in [5.74, 6) is -0.0709. The summed E-state index contributed by atoms with van der Waals surface area (Å²) >= 11 is 0. The fraction of sp³-hybridized carbons (Fsp3) is 0.500. The number of aliphatic hydroxyl groups excluding tert-OH is 1. The van der Waals surface area contributed by atoms with Gasteiger partial charge in [0.1, 0.15) is 0 Å². The monoisotopic (exact) mass is 250 g/mol. The number of carbonyl (C=O) groups is 1. The second-order valence-electron chi connectivity index (χ2n) is 4.63. The van der Waals surface area contributed by atoms with Crippen molar-refractivity contribution < 1.29 is 9.90 Å². The van der Waals surface area contributed by atoms with Gasteiger partial charge in [-0.1, -0.05) is 25.1 Å². The van der Waals surface area contributed by atoms with E-state index in [2.05, 4.69) is 5.32 Å². The van der Waals surface area contributed by atoms with Crippen molar-refractivity contribution in [3.05, 3.63) is 29.8 Å². The summed E-state index contributed by atoms with van der Waals surface area (Å²) in [6, 6.07) is 7.70. The maximum Gasteiger partial charge on any atom is 0.224 e. The molecule has 0 aromatic heterocycles. The van der Waals surface area contributed by atoms with Gasteiger partial charge in [-0.05, 0) is 13.0 Å². The van der Waals surface area contributed by atoms with Gasteiger partial charge in [0.05, 0.1) is 12.0 Å². The Bertz CT molecular complexity index is 405. The van der Waals surface area contributed by atoms with Crippen LogP contribution < -0.4 is 10.2 Å². The molecule has 2 unspecified atom stereocenters. The summed E-state index contributed by atoms with van der Waals surface area (Å²) in [5.41, 5.74) is 1.84. The summed E-state index contributed by atoms with van der Waals surface area (Å²) < 4.78 is 0. The second-order valence-corrected chi connectivity index (χ2v) is 4.63. The molecule has 2 atom stereocenters. The highest BCUT2D eigenvalue weighted by atomic mass is 16.3. The third-order valence-electron chi connectivity index (χ3n) is 3.04. The minimum Gasteiger partial charge on any atom is -0.389 e. The van der Waals surface area contributed by atoms with Crippen molar-refractivity contribution >= 4 is 11.6 Å². The number of carbonyl (C=O) groups excluding carboxylic acids is 1. The zero-order valence-corrected chi connectivity index (χ0v) is 11.5. The number of anilines is 1. The van der Waals surface area contributed by atoms with E-state index in [1.807, 2.05) is 43.1 Å². The van der Waals surface area contributed by atoms with E-state index < -0.39 is 6.10 Å². The molecule has 0 bridgehead atoms. The molecule has 0 radical (unpaired) electrons. The first-order valence-corrected chi connectivity index (χ1v) is 6.17. The highest BCUT2D eigenvalue weighted by molar-refractivity contribution is 5.78. The predicted octanol–water partition coefficient (Wildman–Crippen LogP) is 1.56. The first-order valence-electron chi connectivity index (χ1n) is 6.17. The van der Waals surface area contributed by atoms with Crippen molar-refractivity contribution in [2.75, 3.05) is 25.5 Å². The Balaban J connectivity index is 2.84. The van der Waals surface area contributed by atoms with E-state index in [0.717, 1.165) is 11.3 Å². The summed E-state index contributed by atoms with van der Waals surface area (Å²) in [6.07, 6.45) is -0.515. The van der Waals surface area contributed by atoms with Crippen LogP contribution in [0.25, 0.3) is 0 Å². The second kappa shape index (κ2) is 6.40. The number of nitrogens with one attached hydrogen (secondary N) is 1. The maximum atomic E-state index is 11.5.